The lowest BCUT2D eigenvalue weighted by Gasteiger charge is -2.44. The average molecular weight is 438 g/mol. The third-order valence-corrected chi connectivity index (χ3v) is 7.84. The lowest BCUT2D eigenvalue weighted by Crippen LogP contribution is -2.49. The smallest absolute Gasteiger partial charge is 0.321 e. The first-order valence-electron chi connectivity index (χ1n) is 10.6. The molecule has 0 aromatic carbocycles. The van der Waals surface area contributed by atoms with Gasteiger partial charge in [-0.15, -0.1) is 0 Å². The molecule has 0 aliphatic carbocycles. The molecule has 0 atom stereocenters. The lowest BCUT2D eigenvalue weighted by molar-refractivity contribution is -0.0175. The van der Waals surface area contributed by atoms with E-state index in [1.807, 2.05) is 17.0 Å². The van der Waals surface area contributed by atoms with Crippen molar-refractivity contribution in [1.29, 1.82) is 0 Å². The Labute approximate surface area is 178 Å². The number of piperidine rings is 1. The number of rotatable bonds is 3. The summed E-state index contributed by atoms with van der Waals surface area (Å²) >= 11 is 0. The molecule has 0 saturated carbocycles. The van der Waals surface area contributed by atoms with Gasteiger partial charge >= 0.3 is 6.03 Å². The lowest BCUT2D eigenvalue weighted by atomic mass is 9.74. The molecule has 9 nitrogen and oxygen atoms in total. The van der Waals surface area contributed by atoms with Crippen LogP contribution in [0.3, 0.4) is 0 Å². The minimum atomic E-state index is -3.15. The third-order valence-electron chi connectivity index (χ3n) is 6.53. The van der Waals surface area contributed by atoms with Gasteiger partial charge in [0.2, 0.25) is 10.0 Å². The third kappa shape index (κ3) is 4.87. The maximum absolute atomic E-state index is 12.8. The van der Waals surface area contributed by atoms with Gasteiger partial charge < -0.3 is 19.9 Å². The number of pyridine rings is 1. The molecule has 4 heterocycles. The summed E-state index contributed by atoms with van der Waals surface area (Å²) < 4.78 is 30.3. The fourth-order valence-electron chi connectivity index (χ4n) is 4.69. The summed E-state index contributed by atoms with van der Waals surface area (Å²) in [6, 6.07) is 3.66. The van der Waals surface area contributed by atoms with E-state index in [0.717, 1.165) is 51.4 Å². The number of anilines is 2. The minimum Gasteiger partial charge on any atom is -0.381 e. The van der Waals surface area contributed by atoms with Gasteiger partial charge in [-0.3, -0.25) is 0 Å². The van der Waals surface area contributed by atoms with E-state index in [1.54, 1.807) is 6.20 Å². The topological polar surface area (TPSA) is 95.1 Å². The summed E-state index contributed by atoms with van der Waals surface area (Å²) in [6.07, 6.45) is 7.17. The Kier molecular flexibility index (Phi) is 6.17. The molecule has 1 aromatic rings. The maximum atomic E-state index is 12.8. The molecule has 4 rings (SSSR count). The molecular formula is C20H31N5O4S. The SMILES string of the molecule is CS(=O)(=O)N1CCN(c2ccc(NC(=O)N3CCCC4(CCOCC4)C3)cn2)CC1. The van der Waals surface area contributed by atoms with Crippen molar-refractivity contribution in [3.63, 3.8) is 0 Å². The van der Waals surface area contributed by atoms with Gasteiger partial charge in [0, 0.05) is 52.5 Å². The van der Waals surface area contributed by atoms with Gasteiger partial charge in [0.25, 0.3) is 0 Å². The van der Waals surface area contributed by atoms with E-state index in [0.29, 0.717) is 31.9 Å². The van der Waals surface area contributed by atoms with Crippen molar-refractivity contribution in [3.05, 3.63) is 18.3 Å². The average Bonchev–Trinajstić information content (AvgIpc) is 2.74. The summed E-state index contributed by atoms with van der Waals surface area (Å²) in [5.41, 5.74) is 0.884. The summed E-state index contributed by atoms with van der Waals surface area (Å²) in [6.45, 7) is 5.28. The number of ether oxygens (including phenoxy) is 1. The zero-order valence-electron chi connectivity index (χ0n) is 17.5. The van der Waals surface area contributed by atoms with Gasteiger partial charge in [0.15, 0.2) is 0 Å². The van der Waals surface area contributed by atoms with Crippen molar-refractivity contribution >= 4 is 27.6 Å². The molecule has 2 amide bonds. The van der Waals surface area contributed by atoms with Crippen LogP contribution in [0.2, 0.25) is 0 Å². The van der Waals surface area contributed by atoms with E-state index in [2.05, 4.69) is 15.2 Å². The first-order chi connectivity index (χ1) is 14.3. The van der Waals surface area contributed by atoms with Crippen LogP contribution >= 0.6 is 0 Å². The highest BCUT2D eigenvalue weighted by Gasteiger charge is 2.38. The molecule has 3 saturated heterocycles. The van der Waals surface area contributed by atoms with Crippen LogP contribution in [0.25, 0.3) is 0 Å². The zero-order chi connectivity index (χ0) is 21.2. The molecule has 1 N–H and O–H groups in total. The van der Waals surface area contributed by atoms with Gasteiger partial charge in [-0.05, 0) is 43.2 Å². The quantitative estimate of drug-likeness (QED) is 0.772. The largest absolute Gasteiger partial charge is 0.381 e. The van der Waals surface area contributed by atoms with Crippen LogP contribution in [-0.2, 0) is 14.8 Å². The Morgan fingerprint density at radius 3 is 2.47 bits per heavy atom. The Morgan fingerprint density at radius 1 is 1.10 bits per heavy atom. The van der Waals surface area contributed by atoms with Crippen molar-refractivity contribution < 1.29 is 17.9 Å². The predicted molar refractivity (Wildman–Crippen MR) is 115 cm³/mol. The van der Waals surface area contributed by atoms with Crippen LogP contribution in [0.4, 0.5) is 16.3 Å². The number of carbonyl (C=O) groups is 1. The Hall–Kier alpha value is -1.91. The van der Waals surface area contributed by atoms with Crippen molar-refractivity contribution in [2.45, 2.75) is 25.7 Å². The number of likely N-dealkylation sites (tertiary alicyclic amines) is 1. The van der Waals surface area contributed by atoms with E-state index >= 15 is 0 Å². The van der Waals surface area contributed by atoms with Crippen molar-refractivity contribution in [1.82, 2.24) is 14.2 Å². The number of sulfonamides is 1. The molecule has 166 valence electrons. The predicted octanol–water partition coefficient (Wildman–Crippen LogP) is 1.59. The molecule has 3 fully saturated rings. The standard InChI is InChI=1S/C20H31N5O4S/c1-30(27,28)25-11-9-23(10-12-25)18-4-3-17(15-21-18)22-19(26)24-8-2-5-20(16-24)6-13-29-14-7-20/h3-4,15H,2,5-14,16H2,1H3,(H,22,26). The monoisotopic (exact) mass is 437 g/mol. The molecule has 0 bridgehead atoms. The normalized spacial score (nSPS) is 22.8. The Morgan fingerprint density at radius 2 is 1.83 bits per heavy atom. The molecule has 1 spiro atoms. The van der Waals surface area contributed by atoms with Crippen molar-refractivity contribution in [2.75, 3.05) is 69.0 Å². The highest BCUT2D eigenvalue weighted by molar-refractivity contribution is 7.88. The fraction of sp³-hybridized carbons (Fsp3) is 0.700. The Balaban J connectivity index is 1.32. The fourth-order valence-corrected chi connectivity index (χ4v) is 5.52. The highest BCUT2D eigenvalue weighted by atomic mass is 32.2. The Bertz CT molecular complexity index is 841. The van der Waals surface area contributed by atoms with Gasteiger partial charge in [-0.1, -0.05) is 0 Å². The minimum absolute atomic E-state index is 0.0723. The van der Waals surface area contributed by atoms with E-state index in [-0.39, 0.29) is 11.4 Å². The molecule has 30 heavy (non-hydrogen) atoms. The molecule has 10 heteroatoms. The summed E-state index contributed by atoms with van der Waals surface area (Å²) in [5.74, 6) is 0.792. The van der Waals surface area contributed by atoms with Crippen LogP contribution in [0, 0.1) is 5.41 Å². The second-order valence-corrected chi connectivity index (χ2v) is 10.6. The molecule has 0 unspecified atom stereocenters. The van der Waals surface area contributed by atoms with Crippen molar-refractivity contribution in [2.24, 2.45) is 5.41 Å². The molecule has 1 aromatic heterocycles. The van der Waals surface area contributed by atoms with E-state index in [1.165, 1.54) is 17.0 Å². The second-order valence-electron chi connectivity index (χ2n) is 8.62. The van der Waals surface area contributed by atoms with Gasteiger partial charge in [0.05, 0.1) is 18.1 Å². The summed E-state index contributed by atoms with van der Waals surface area (Å²) in [5, 5.41) is 2.98. The summed E-state index contributed by atoms with van der Waals surface area (Å²) in [7, 11) is -3.15. The van der Waals surface area contributed by atoms with Crippen LogP contribution in [0.5, 0.6) is 0 Å². The molecular weight excluding hydrogens is 406 g/mol. The van der Waals surface area contributed by atoms with Crippen molar-refractivity contribution in [3.8, 4) is 0 Å². The maximum Gasteiger partial charge on any atom is 0.321 e. The number of hydrogen-bond donors (Lipinski definition) is 1. The second kappa shape index (κ2) is 8.68. The molecule has 3 aliphatic heterocycles. The van der Waals surface area contributed by atoms with E-state index in [4.69, 9.17) is 4.74 Å². The number of piperazine rings is 1. The van der Waals surface area contributed by atoms with Gasteiger partial charge in [0.1, 0.15) is 5.82 Å². The number of nitrogens with one attached hydrogen (secondary N) is 1. The number of urea groups is 1. The zero-order valence-corrected chi connectivity index (χ0v) is 18.4. The van der Waals surface area contributed by atoms with E-state index in [9.17, 15) is 13.2 Å². The van der Waals surface area contributed by atoms with Crippen LogP contribution in [0.1, 0.15) is 25.7 Å². The van der Waals surface area contributed by atoms with Crippen LogP contribution in [-0.4, -0.2) is 87.4 Å². The number of aromatic nitrogens is 1. The van der Waals surface area contributed by atoms with Crippen LogP contribution < -0.4 is 10.2 Å². The number of hydrogen-bond acceptors (Lipinski definition) is 6. The number of carbonyl (C=O) groups excluding carboxylic acids is 1. The first kappa shape index (κ1) is 21.3. The number of amides is 2. The van der Waals surface area contributed by atoms with Crippen LogP contribution in [0.15, 0.2) is 18.3 Å². The molecule has 0 radical (unpaired) electrons. The highest BCUT2D eigenvalue weighted by Crippen LogP contribution is 2.39. The first-order valence-corrected chi connectivity index (χ1v) is 12.5. The summed E-state index contributed by atoms with van der Waals surface area (Å²) in [4.78, 5) is 21.3. The van der Waals surface area contributed by atoms with Gasteiger partial charge in [-0.2, -0.15) is 4.31 Å². The van der Waals surface area contributed by atoms with E-state index < -0.39 is 10.0 Å². The van der Waals surface area contributed by atoms with Gasteiger partial charge in [-0.25, -0.2) is 18.2 Å². The molecule has 3 aliphatic rings. The number of nitrogens with zero attached hydrogens (tertiary/aromatic N) is 4.